The fourth-order valence-electron chi connectivity index (χ4n) is 6.26. The van der Waals surface area contributed by atoms with Gasteiger partial charge in [0.25, 0.3) is 0 Å². The van der Waals surface area contributed by atoms with Gasteiger partial charge < -0.3 is 4.74 Å². The van der Waals surface area contributed by atoms with E-state index in [1.807, 2.05) is 158 Å². The van der Waals surface area contributed by atoms with Crippen LogP contribution in [0.2, 0.25) is 0 Å². The molecule has 9 aromatic rings. The summed E-state index contributed by atoms with van der Waals surface area (Å²) in [6.45, 7) is 0. The molecule has 0 spiro atoms. The molecule has 0 aliphatic carbocycles. The van der Waals surface area contributed by atoms with E-state index in [0.717, 1.165) is 44.5 Å². The molecule has 0 aliphatic rings. The second-order valence-corrected chi connectivity index (χ2v) is 12.8. The average molecular weight is 709 g/mol. The molecule has 0 radical (unpaired) electrons. The molecule has 0 N–H and O–H groups in total. The topological polar surface area (TPSA) is 86.6 Å². The Morgan fingerprint density at radius 3 is 0.927 bits per heavy atom. The Morgan fingerprint density at radius 2 is 0.527 bits per heavy atom. The zero-order valence-electron chi connectivity index (χ0n) is 29.6. The molecule has 0 saturated heterocycles. The summed E-state index contributed by atoms with van der Waals surface area (Å²) in [6.07, 6.45) is 0. The molecule has 0 amide bonds. The second-order valence-electron chi connectivity index (χ2n) is 12.8. The largest absolute Gasteiger partial charge is 0.457 e. The standard InChI is InChI=1S/C48H32N6O/c1-5-15-35(16-6-1)43-49-44(36-17-7-2-8-18-36)51-47(50-43)39-27-25-33(26-28-39)34-29-31-40(32-30-34)55-42-24-14-13-23-41(42)48-53-45(37-19-9-3-10-20-37)52-46(54-48)38-21-11-4-12-22-38/h1-32H. The van der Waals surface area contributed by atoms with Crippen LogP contribution in [0.1, 0.15) is 0 Å². The minimum atomic E-state index is 0.532. The molecule has 7 aromatic carbocycles. The van der Waals surface area contributed by atoms with Crippen LogP contribution in [-0.4, -0.2) is 29.9 Å². The van der Waals surface area contributed by atoms with E-state index in [-0.39, 0.29) is 0 Å². The fourth-order valence-corrected chi connectivity index (χ4v) is 6.26. The molecule has 0 saturated carbocycles. The molecule has 0 unspecified atom stereocenters. The normalized spacial score (nSPS) is 10.9. The van der Waals surface area contributed by atoms with Gasteiger partial charge in [-0.2, -0.15) is 0 Å². The molecule has 7 nitrogen and oxygen atoms in total. The summed E-state index contributed by atoms with van der Waals surface area (Å²) in [5, 5.41) is 0. The lowest BCUT2D eigenvalue weighted by Crippen LogP contribution is -2.01. The monoisotopic (exact) mass is 708 g/mol. The van der Waals surface area contributed by atoms with E-state index >= 15 is 0 Å². The van der Waals surface area contributed by atoms with Gasteiger partial charge in [-0.25, -0.2) is 29.9 Å². The minimum Gasteiger partial charge on any atom is -0.457 e. The second kappa shape index (κ2) is 15.1. The number of hydrogen-bond acceptors (Lipinski definition) is 7. The van der Waals surface area contributed by atoms with Crippen LogP contribution < -0.4 is 4.74 Å². The highest BCUT2D eigenvalue weighted by Gasteiger charge is 2.16. The van der Waals surface area contributed by atoms with E-state index in [2.05, 4.69) is 36.4 Å². The smallest absolute Gasteiger partial charge is 0.167 e. The van der Waals surface area contributed by atoms with Crippen LogP contribution in [0.3, 0.4) is 0 Å². The van der Waals surface area contributed by atoms with Crippen LogP contribution in [0.4, 0.5) is 0 Å². The van der Waals surface area contributed by atoms with Crippen molar-refractivity contribution in [2.45, 2.75) is 0 Å². The average Bonchev–Trinajstić information content (AvgIpc) is 3.28. The highest BCUT2D eigenvalue weighted by Crippen LogP contribution is 2.35. The van der Waals surface area contributed by atoms with Crippen molar-refractivity contribution in [2.24, 2.45) is 0 Å². The molecule has 0 fully saturated rings. The number of hydrogen-bond donors (Lipinski definition) is 0. The zero-order chi connectivity index (χ0) is 36.8. The minimum absolute atomic E-state index is 0.532. The Labute approximate surface area is 318 Å². The van der Waals surface area contributed by atoms with Gasteiger partial charge in [-0.1, -0.05) is 170 Å². The first-order valence-electron chi connectivity index (χ1n) is 18.0. The van der Waals surface area contributed by atoms with Crippen LogP contribution >= 0.6 is 0 Å². The molecule has 0 atom stereocenters. The van der Waals surface area contributed by atoms with Crippen LogP contribution in [0, 0.1) is 0 Å². The van der Waals surface area contributed by atoms with Gasteiger partial charge in [0.1, 0.15) is 11.5 Å². The van der Waals surface area contributed by atoms with E-state index in [9.17, 15) is 0 Å². The number of aromatic nitrogens is 6. The molecule has 9 rings (SSSR count). The Balaban J connectivity index is 0.989. The lowest BCUT2D eigenvalue weighted by molar-refractivity contribution is 0.484. The lowest BCUT2D eigenvalue weighted by atomic mass is 10.0. The van der Waals surface area contributed by atoms with E-state index in [1.54, 1.807) is 0 Å². The van der Waals surface area contributed by atoms with Gasteiger partial charge in [-0.3, -0.25) is 0 Å². The van der Waals surface area contributed by atoms with Crippen molar-refractivity contribution in [1.82, 2.24) is 29.9 Å². The highest BCUT2D eigenvalue weighted by atomic mass is 16.5. The first-order valence-corrected chi connectivity index (χ1v) is 18.0. The maximum absolute atomic E-state index is 6.50. The summed E-state index contributed by atoms with van der Waals surface area (Å²) in [7, 11) is 0. The predicted molar refractivity (Wildman–Crippen MR) is 218 cm³/mol. The van der Waals surface area contributed by atoms with Gasteiger partial charge in [0.2, 0.25) is 0 Å². The van der Waals surface area contributed by atoms with Gasteiger partial charge in [0, 0.05) is 27.8 Å². The SMILES string of the molecule is c1ccc(-c2nc(-c3ccccc3)nc(-c3ccc(-c4ccc(Oc5ccccc5-c5nc(-c6ccccc6)nc(-c6ccccc6)n5)cc4)cc3)n2)cc1. The summed E-state index contributed by atoms with van der Waals surface area (Å²) in [6, 6.07) is 64.0. The summed E-state index contributed by atoms with van der Waals surface area (Å²) in [5.41, 5.74) is 7.47. The highest BCUT2D eigenvalue weighted by molar-refractivity contribution is 5.72. The lowest BCUT2D eigenvalue weighted by Gasteiger charge is -2.13. The summed E-state index contributed by atoms with van der Waals surface area (Å²) >= 11 is 0. The maximum Gasteiger partial charge on any atom is 0.167 e. The molecule has 260 valence electrons. The number of ether oxygens (including phenoxy) is 1. The molecule has 2 aromatic heterocycles. The van der Waals surface area contributed by atoms with E-state index in [1.165, 1.54) is 0 Å². The van der Waals surface area contributed by atoms with Crippen molar-refractivity contribution in [3.63, 3.8) is 0 Å². The third kappa shape index (κ3) is 7.36. The Morgan fingerprint density at radius 1 is 0.236 bits per heavy atom. The van der Waals surface area contributed by atoms with Gasteiger partial charge in [-0.15, -0.1) is 0 Å². The van der Waals surface area contributed by atoms with Crippen molar-refractivity contribution >= 4 is 0 Å². The molecule has 2 heterocycles. The molecule has 7 heteroatoms. The van der Waals surface area contributed by atoms with E-state index < -0.39 is 0 Å². The number of benzene rings is 7. The molecule has 0 aliphatic heterocycles. The van der Waals surface area contributed by atoms with Crippen LogP contribution in [0.25, 0.3) is 79.5 Å². The van der Waals surface area contributed by atoms with Crippen molar-refractivity contribution in [1.29, 1.82) is 0 Å². The van der Waals surface area contributed by atoms with Crippen molar-refractivity contribution < 1.29 is 4.74 Å². The third-order valence-electron chi connectivity index (χ3n) is 9.09. The van der Waals surface area contributed by atoms with E-state index in [4.69, 9.17) is 34.6 Å². The van der Waals surface area contributed by atoms with Crippen molar-refractivity contribution in [3.8, 4) is 91.0 Å². The van der Waals surface area contributed by atoms with Gasteiger partial charge in [-0.05, 0) is 35.4 Å². The first-order chi connectivity index (χ1) is 27.2. The van der Waals surface area contributed by atoms with Crippen molar-refractivity contribution in [2.75, 3.05) is 0 Å². The fraction of sp³-hybridized carbons (Fsp3) is 0. The molecular formula is C48H32N6O. The number of para-hydroxylation sites is 1. The third-order valence-corrected chi connectivity index (χ3v) is 9.09. The van der Waals surface area contributed by atoms with Gasteiger partial charge in [0.15, 0.2) is 34.9 Å². The molecule has 55 heavy (non-hydrogen) atoms. The van der Waals surface area contributed by atoms with Crippen LogP contribution in [-0.2, 0) is 0 Å². The molecular weight excluding hydrogens is 677 g/mol. The molecule has 0 bridgehead atoms. The first kappa shape index (κ1) is 33.2. The quantitative estimate of drug-likeness (QED) is 0.147. The number of rotatable bonds is 9. The van der Waals surface area contributed by atoms with Crippen LogP contribution in [0.5, 0.6) is 11.5 Å². The Bertz CT molecular complexity index is 2580. The number of nitrogens with zero attached hydrogens (tertiary/aromatic N) is 6. The summed E-state index contributed by atoms with van der Waals surface area (Å²) in [5.74, 6) is 4.95. The maximum atomic E-state index is 6.50. The Kier molecular flexibility index (Phi) is 9.15. The Hall–Kier alpha value is -7.64. The summed E-state index contributed by atoms with van der Waals surface area (Å²) in [4.78, 5) is 29.2. The predicted octanol–water partition coefficient (Wildman–Crippen LogP) is 11.5. The van der Waals surface area contributed by atoms with Gasteiger partial charge in [0.05, 0.1) is 5.56 Å². The van der Waals surface area contributed by atoms with E-state index in [0.29, 0.717) is 46.4 Å². The van der Waals surface area contributed by atoms with Crippen molar-refractivity contribution in [3.05, 3.63) is 194 Å². The zero-order valence-corrected chi connectivity index (χ0v) is 29.6. The van der Waals surface area contributed by atoms with Gasteiger partial charge >= 0.3 is 0 Å². The van der Waals surface area contributed by atoms with Crippen LogP contribution in [0.15, 0.2) is 194 Å². The summed E-state index contributed by atoms with van der Waals surface area (Å²) < 4.78 is 6.50.